The Bertz CT molecular complexity index is 370. The summed E-state index contributed by atoms with van der Waals surface area (Å²) in [5, 5.41) is 3.38. The maximum Gasteiger partial charge on any atom is 0.220 e. The number of anilines is 1. The lowest BCUT2D eigenvalue weighted by Gasteiger charge is -2.23. The first-order valence-corrected chi connectivity index (χ1v) is 5.97. The van der Waals surface area contributed by atoms with Gasteiger partial charge in [0.1, 0.15) is 0 Å². The van der Waals surface area contributed by atoms with Crippen LogP contribution in [0.4, 0.5) is 5.95 Å². The van der Waals surface area contributed by atoms with E-state index < -0.39 is 0 Å². The van der Waals surface area contributed by atoms with Crippen LogP contribution in [-0.4, -0.2) is 23.1 Å². The van der Waals surface area contributed by atoms with Gasteiger partial charge in [0.15, 0.2) is 0 Å². The number of nitrogens with two attached hydrogens (primary N) is 1. The van der Waals surface area contributed by atoms with Crippen molar-refractivity contribution in [1.29, 1.82) is 0 Å². The van der Waals surface area contributed by atoms with E-state index in [0.717, 1.165) is 36.8 Å². The molecule has 88 valence electrons. The van der Waals surface area contributed by atoms with Crippen LogP contribution in [0.2, 0.25) is 0 Å². The fourth-order valence-electron chi connectivity index (χ4n) is 2.27. The summed E-state index contributed by atoms with van der Waals surface area (Å²) in [6.45, 7) is 6.34. The Morgan fingerprint density at radius 2 is 1.94 bits per heavy atom. The molecule has 4 heteroatoms. The lowest BCUT2D eigenvalue weighted by molar-refractivity contribution is 0.369. The highest BCUT2D eigenvalue weighted by atomic mass is 15.0. The van der Waals surface area contributed by atoms with Gasteiger partial charge in [-0.3, -0.25) is 0 Å². The second-order valence-corrected chi connectivity index (χ2v) is 4.64. The first-order valence-electron chi connectivity index (χ1n) is 5.97. The monoisotopic (exact) mass is 220 g/mol. The molecular weight excluding hydrogens is 200 g/mol. The lowest BCUT2D eigenvalue weighted by atomic mass is 9.91. The minimum absolute atomic E-state index is 0.409. The van der Waals surface area contributed by atoms with Crippen molar-refractivity contribution in [3.05, 3.63) is 17.0 Å². The minimum Gasteiger partial charge on any atom is -0.368 e. The van der Waals surface area contributed by atoms with E-state index in [2.05, 4.69) is 22.2 Å². The molecule has 0 bridgehead atoms. The van der Waals surface area contributed by atoms with E-state index in [-0.39, 0.29) is 0 Å². The molecule has 1 fully saturated rings. The van der Waals surface area contributed by atoms with Gasteiger partial charge in [0.2, 0.25) is 5.95 Å². The maximum atomic E-state index is 5.70. The van der Waals surface area contributed by atoms with E-state index in [9.17, 15) is 0 Å². The fraction of sp³-hybridized carbons (Fsp3) is 0.667. The van der Waals surface area contributed by atoms with Crippen LogP contribution < -0.4 is 11.1 Å². The van der Waals surface area contributed by atoms with Gasteiger partial charge in [0, 0.05) is 11.4 Å². The summed E-state index contributed by atoms with van der Waals surface area (Å²) < 4.78 is 0. The van der Waals surface area contributed by atoms with Gasteiger partial charge >= 0.3 is 0 Å². The van der Waals surface area contributed by atoms with Crippen molar-refractivity contribution in [2.24, 2.45) is 5.92 Å². The average Bonchev–Trinajstić information content (AvgIpc) is 2.27. The summed E-state index contributed by atoms with van der Waals surface area (Å²) in [7, 11) is 0. The fourth-order valence-corrected chi connectivity index (χ4v) is 2.27. The predicted molar refractivity (Wildman–Crippen MR) is 65.2 cm³/mol. The number of rotatable bonds is 2. The molecule has 0 atom stereocenters. The Morgan fingerprint density at radius 3 is 2.62 bits per heavy atom. The van der Waals surface area contributed by atoms with Crippen LogP contribution in [0, 0.1) is 19.8 Å². The van der Waals surface area contributed by atoms with Crippen molar-refractivity contribution >= 4 is 5.95 Å². The van der Waals surface area contributed by atoms with Crippen LogP contribution in [-0.2, 0) is 6.42 Å². The molecule has 0 radical (unpaired) electrons. The molecule has 0 saturated carbocycles. The van der Waals surface area contributed by atoms with E-state index >= 15 is 0 Å². The van der Waals surface area contributed by atoms with Crippen LogP contribution in [0.3, 0.4) is 0 Å². The van der Waals surface area contributed by atoms with Gasteiger partial charge in [-0.1, -0.05) is 0 Å². The molecule has 16 heavy (non-hydrogen) atoms. The van der Waals surface area contributed by atoms with E-state index in [1.807, 2.05) is 6.92 Å². The second kappa shape index (κ2) is 4.78. The largest absolute Gasteiger partial charge is 0.368 e. The van der Waals surface area contributed by atoms with Crippen LogP contribution in [0.5, 0.6) is 0 Å². The molecule has 0 unspecified atom stereocenters. The number of nitrogens with one attached hydrogen (secondary N) is 1. The zero-order chi connectivity index (χ0) is 11.5. The number of hydrogen-bond acceptors (Lipinski definition) is 4. The number of piperidine rings is 1. The zero-order valence-electron chi connectivity index (χ0n) is 10.1. The standard InChI is InChI=1S/C12H20N4/c1-8-9(2)15-12(13)16-11(8)7-10-3-5-14-6-4-10/h10,14H,3-7H2,1-2H3,(H2,13,15,16). The van der Waals surface area contributed by atoms with Crippen molar-refractivity contribution in [2.75, 3.05) is 18.8 Å². The van der Waals surface area contributed by atoms with Crippen LogP contribution in [0.15, 0.2) is 0 Å². The summed E-state index contributed by atoms with van der Waals surface area (Å²) in [5.74, 6) is 1.15. The molecule has 1 saturated heterocycles. The molecular formula is C12H20N4. The molecule has 1 aromatic rings. The lowest BCUT2D eigenvalue weighted by Crippen LogP contribution is -2.29. The topological polar surface area (TPSA) is 63.8 Å². The third-order valence-electron chi connectivity index (χ3n) is 3.45. The van der Waals surface area contributed by atoms with Gasteiger partial charge in [0.25, 0.3) is 0 Å². The molecule has 4 nitrogen and oxygen atoms in total. The Labute approximate surface area is 96.7 Å². The van der Waals surface area contributed by atoms with Crippen molar-refractivity contribution in [3.8, 4) is 0 Å². The molecule has 0 aliphatic carbocycles. The Hall–Kier alpha value is -1.16. The summed E-state index contributed by atoms with van der Waals surface area (Å²) in [6, 6.07) is 0. The Morgan fingerprint density at radius 1 is 1.25 bits per heavy atom. The van der Waals surface area contributed by atoms with Gasteiger partial charge in [-0.05, 0) is 57.7 Å². The van der Waals surface area contributed by atoms with Crippen LogP contribution in [0.25, 0.3) is 0 Å². The molecule has 3 N–H and O–H groups in total. The van der Waals surface area contributed by atoms with E-state index in [1.165, 1.54) is 18.4 Å². The van der Waals surface area contributed by atoms with E-state index in [1.54, 1.807) is 0 Å². The third-order valence-corrected chi connectivity index (χ3v) is 3.45. The van der Waals surface area contributed by atoms with E-state index in [0.29, 0.717) is 5.95 Å². The zero-order valence-corrected chi connectivity index (χ0v) is 10.1. The summed E-state index contributed by atoms with van der Waals surface area (Å²) >= 11 is 0. The highest BCUT2D eigenvalue weighted by Gasteiger charge is 2.16. The first-order chi connectivity index (χ1) is 7.66. The minimum atomic E-state index is 0.409. The van der Waals surface area contributed by atoms with Gasteiger partial charge in [-0.15, -0.1) is 0 Å². The van der Waals surface area contributed by atoms with Crippen molar-refractivity contribution in [3.63, 3.8) is 0 Å². The number of aryl methyl sites for hydroxylation is 1. The highest BCUT2D eigenvalue weighted by molar-refractivity contribution is 5.30. The number of nitrogens with zero attached hydrogens (tertiary/aromatic N) is 2. The molecule has 1 aliphatic rings. The quantitative estimate of drug-likeness (QED) is 0.786. The number of hydrogen-bond donors (Lipinski definition) is 2. The third kappa shape index (κ3) is 2.50. The maximum absolute atomic E-state index is 5.70. The molecule has 0 spiro atoms. The van der Waals surface area contributed by atoms with Crippen LogP contribution in [0.1, 0.15) is 29.8 Å². The van der Waals surface area contributed by atoms with Gasteiger partial charge in [-0.2, -0.15) is 0 Å². The Balaban J connectivity index is 2.13. The molecule has 1 aromatic heterocycles. The molecule has 2 rings (SSSR count). The molecule has 0 aromatic carbocycles. The van der Waals surface area contributed by atoms with Crippen molar-refractivity contribution in [1.82, 2.24) is 15.3 Å². The van der Waals surface area contributed by atoms with Crippen molar-refractivity contribution < 1.29 is 0 Å². The summed E-state index contributed by atoms with van der Waals surface area (Å²) in [5.41, 5.74) is 9.05. The molecule has 2 heterocycles. The second-order valence-electron chi connectivity index (χ2n) is 4.64. The molecule has 0 amide bonds. The Kier molecular flexibility index (Phi) is 3.39. The number of aromatic nitrogens is 2. The highest BCUT2D eigenvalue weighted by Crippen LogP contribution is 2.20. The summed E-state index contributed by atoms with van der Waals surface area (Å²) in [4.78, 5) is 8.56. The predicted octanol–water partition coefficient (Wildman–Crippen LogP) is 1.22. The normalized spacial score (nSPS) is 17.6. The van der Waals surface area contributed by atoms with Gasteiger partial charge in [0.05, 0.1) is 0 Å². The average molecular weight is 220 g/mol. The summed E-state index contributed by atoms with van der Waals surface area (Å²) in [6.07, 6.45) is 3.52. The van der Waals surface area contributed by atoms with Crippen molar-refractivity contribution in [2.45, 2.75) is 33.1 Å². The van der Waals surface area contributed by atoms with Gasteiger partial charge < -0.3 is 11.1 Å². The SMILES string of the molecule is Cc1nc(N)nc(CC2CCNCC2)c1C. The molecule has 1 aliphatic heterocycles. The van der Waals surface area contributed by atoms with Gasteiger partial charge in [-0.25, -0.2) is 9.97 Å². The smallest absolute Gasteiger partial charge is 0.220 e. The van der Waals surface area contributed by atoms with Crippen LogP contribution >= 0.6 is 0 Å². The first kappa shape index (κ1) is 11.3. The number of nitrogen functional groups attached to an aromatic ring is 1. The van der Waals surface area contributed by atoms with E-state index in [4.69, 9.17) is 5.73 Å².